The number of imidazole rings is 1. The Kier molecular flexibility index (Phi) is 2.27. The monoisotopic (exact) mass is 192 g/mol. The van der Waals surface area contributed by atoms with E-state index in [-0.39, 0.29) is 0 Å². The number of hydrogen-bond donors (Lipinski definition) is 2. The van der Waals surface area contributed by atoms with E-state index < -0.39 is 0 Å². The number of fused-ring (bicyclic) bond motifs is 1. The topological polar surface area (TPSA) is 28.7 Å². The van der Waals surface area contributed by atoms with Crippen LogP contribution in [0.15, 0.2) is 18.2 Å². The maximum Gasteiger partial charge on any atom is 0.104 e. The van der Waals surface area contributed by atoms with Crippen LogP contribution in [0.3, 0.4) is 0 Å². The molecule has 13 heavy (non-hydrogen) atoms. The largest absolute Gasteiger partial charge is 0.342 e. The zero-order chi connectivity index (χ0) is 9.26. The second-order valence-electron chi connectivity index (χ2n) is 3.15. The molecule has 0 atom stereocenters. The molecule has 1 aromatic carbocycles. The molecule has 0 saturated heterocycles. The number of thiol groups is 1. The van der Waals surface area contributed by atoms with E-state index in [1.54, 1.807) is 0 Å². The Morgan fingerprint density at radius 2 is 2.31 bits per heavy atom. The first kappa shape index (κ1) is 8.63. The molecule has 3 heteroatoms. The second-order valence-corrected chi connectivity index (χ2v) is 3.59. The summed E-state index contributed by atoms with van der Waals surface area (Å²) >= 11 is 4.21. The second kappa shape index (κ2) is 3.42. The number of aromatic amines is 1. The van der Waals surface area contributed by atoms with Gasteiger partial charge in [0, 0.05) is 0 Å². The lowest BCUT2D eigenvalue weighted by Crippen LogP contribution is -1.85. The molecule has 0 bridgehead atoms. The number of H-pyrrole nitrogens is 1. The van der Waals surface area contributed by atoms with Crippen molar-refractivity contribution in [3.63, 3.8) is 0 Å². The molecule has 0 fully saturated rings. The number of benzene rings is 1. The van der Waals surface area contributed by atoms with Gasteiger partial charge in [-0.05, 0) is 36.8 Å². The van der Waals surface area contributed by atoms with Gasteiger partial charge in [-0.25, -0.2) is 4.98 Å². The number of aryl methyl sites for hydroxylation is 2. The molecule has 1 N–H and O–H groups in total. The summed E-state index contributed by atoms with van der Waals surface area (Å²) in [4.78, 5) is 7.56. The van der Waals surface area contributed by atoms with Gasteiger partial charge in [0.2, 0.25) is 0 Å². The highest BCUT2D eigenvalue weighted by molar-refractivity contribution is 7.80. The standard InChI is InChI=1S/C10H12N2S/c1-7-11-9-3-2-8(4-5-13)6-10(9)12-7/h2-3,6,13H,4-5H2,1H3,(H,11,12). The van der Waals surface area contributed by atoms with Gasteiger partial charge in [-0.2, -0.15) is 12.6 Å². The van der Waals surface area contributed by atoms with Crippen LogP contribution < -0.4 is 0 Å². The molecule has 0 aliphatic heterocycles. The average Bonchev–Trinajstić information content (AvgIpc) is 2.44. The number of nitrogens with one attached hydrogen (secondary N) is 1. The Morgan fingerprint density at radius 1 is 1.46 bits per heavy atom. The molecular weight excluding hydrogens is 180 g/mol. The Morgan fingerprint density at radius 3 is 3.08 bits per heavy atom. The van der Waals surface area contributed by atoms with Crippen LogP contribution in [-0.4, -0.2) is 15.7 Å². The summed E-state index contributed by atoms with van der Waals surface area (Å²) in [6.07, 6.45) is 1.01. The smallest absolute Gasteiger partial charge is 0.104 e. The highest BCUT2D eigenvalue weighted by atomic mass is 32.1. The molecular formula is C10H12N2S. The third-order valence-corrected chi connectivity index (χ3v) is 2.29. The third kappa shape index (κ3) is 1.70. The van der Waals surface area contributed by atoms with Crippen molar-refractivity contribution < 1.29 is 0 Å². The highest BCUT2D eigenvalue weighted by Gasteiger charge is 1.99. The average molecular weight is 192 g/mol. The fourth-order valence-electron chi connectivity index (χ4n) is 1.47. The molecule has 0 amide bonds. The van der Waals surface area contributed by atoms with Gasteiger partial charge in [-0.15, -0.1) is 0 Å². The van der Waals surface area contributed by atoms with Crippen LogP contribution in [0.4, 0.5) is 0 Å². The molecule has 2 nitrogen and oxygen atoms in total. The first-order chi connectivity index (χ1) is 6.29. The zero-order valence-corrected chi connectivity index (χ0v) is 8.44. The van der Waals surface area contributed by atoms with Crippen molar-refractivity contribution in [2.75, 3.05) is 5.75 Å². The van der Waals surface area contributed by atoms with Crippen LogP contribution in [0.1, 0.15) is 11.4 Å². The molecule has 0 saturated carbocycles. The Balaban J connectivity index is 2.48. The molecule has 0 aliphatic carbocycles. The van der Waals surface area contributed by atoms with Gasteiger partial charge in [0.25, 0.3) is 0 Å². The summed E-state index contributed by atoms with van der Waals surface area (Å²) in [7, 11) is 0. The van der Waals surface area contributed by atoms with Crippen LogP contribution in [0, 0.1) is 6.92 Å². The zero-order valence-electron chi connectivity index (χ0n) is 7.54. The van der Waals surface area contributed by atoms with E-state index in [0.717, 1.165) is 29.0 Å². The molecule has 2 rings (SSSR count). The number of aromatic nitrogens is 2. The molecule has 2 aromatic rings. The van der Waals surface area contributed by atoms with Crippen LogP contribution in [-0.2, 0) is 6.42 Å². The third-order valence-electron chi connectivity index (χ3n) is 2.07. The Bertz CT molecular complexity index is 420. The van der Waals surface area contributed by atoms with Gasteiger partial charge in [-0.1, -0.05) is 6.07 Å². The van der Waals surface area contributed by atoms with E-state index in [9.17, 15) is 0 Å². The van der Waals surface area contributed by atoms with E-state index in [4.69, 9.17) is 0 Å². The molecule has 0 spiro atoms. The Labute approximate surface area is 82.8 Å². The number of nitrogens with zero attached hydrogens (tertiary/aromatic N) is 1. The lowest BCUT2D eigenvalue weighted by Gasteiger charge is -1.96. The normalized spacial score (nSPS) is 10.9. The predicted molar refractivity (Wildman–Crippen MR) is 58.4 cm³/mol. The van der Waals surface area contributed by atoms with E-state index in [1.807, 2.05) is 6.92 Å². The van der Waals surface area contributed by atoms with Crippen molar-refractivity contribution in [3.8, 4) is 0 Å². The van der Waals surface area contributed by atoms with Gasteiger partial charge in [0.15, 0.2) is 0 Å². The minimum absolute atomic E-state index is 0.888. The van der Waals surface area contributed by atoms with Crippen molar-refractivity contribution in [2.24, 2.45) is 0 Å². The molecule has 1 aromatic heterocycles. The molecule has 0 aliphatic rings. The fraction of sp³-hybridized carbons (Fsp3) is 0.300. The van der Waals surface area contributed by atoms with Crippen molar-refractivity contribution >= 4 is 23.7 Å². The fourth-order valence-corrected chi connectivity index (χ4v) is 1.73. The van der Waals surface area contributed by atoms with Crippen LogP contribution in [0.25, 0.3) is 11.0 Å². The number of rotatable bonds is 2. The predicted octanol–water partition coefficient (Wildman–Crippen LogP) is 2.34. The van der Waals surface area contributed by atoms with Crippen molar-refractivity contribution in [1.82, 2.24) is 9.97 Å². The van der Waals surface area contributed by atoms with Crippen LogP contribution in [0.2, 0.25) is 0 Å². The summed E-state index contributed by atoms with van der Waals surface area (Å²) < 4.78 is 0. The lowest BCUT2D eigenvalue weighted by atomic mass is 10.1. The maximum absolute atomic E-state index is 4.34. The first-order valence-corrected chi connectivity index (χ1v) is 4.99. The van der Waals surface area contributed by atoms with E-state index in [1.165, 1.54) is 5.56 Å². The highest BCUT2D eigenvalue weighted by Crippen LogP contribution is 2.13. The summed E-state index contributed by atoms with van der Waals surface area (Å²) in [5, 5.41) is 0. The minimum atomic E-state index is 0.888. The lowest BCUT2D eigenvalue weighted by molar-refractivity contribution is 1.16. The van der Waals surface area contributed by atoms with E-state index in [0.29, 0.717) is 0 Å². The van der Waals surface area contributed by atoms with Crippen LogP contribution in [0.5, 0.6) is 0 Å². The van der Waals surface area contributed by atoms with Crippen molar-refractivity contribution in [1.29, 1.82) is 0 Å². The number of hydrogen-bond acceptors (Lipinski definition) is 2. The SMILES string of the molecule is Cc1nc2ccc(CCS)cc2[nH]1. The summed E-state index contributed by atoms with van der Waals surface area (Å²) in [5.41, 5.74) is 3.48. The van der Waals surface area contributed by atoms with Gasteiger partial charge in [0.1, 0.15) is 5.82 Å². The van der Waals surface area contributed by atoms with Gasteiger partial charge < -0.3 is 4.98 Å². The van der Waals surface area contributed by atoms with Gasteiger partial charge >= 0.3 is 0 Å². The summed E-state index contributed by atoms with van der Waals surface area (Å²) in [5.74, 6) is 1.86. The van der Waals surface area contributed by atoms with Gasteiger partial charge in [-0.3, -0.25) is 0 Å². The maximum atomic E-state index is 4.34. The quantitative estimate of drug-likeness (QED) is 0.702. The molecule has 0 unspecified atom stereocenters. The van der Waals surface area contributed by atoms with E-state index in [2.05, 4.69) is 40.8 Å². The summed E-state index contributed by atoms with van der Waals surface area (Å²) in [6.45, 7) is 1.97. The Hall–Kier alpha value is -0.960. The molecule has 0 radical (unpaired) electrons. The van der Waals surface area contributed by atoms with Crippen molar-refractivity contribution in [2.45, 2.75) is 13.3 Å². The molecule has 1 heterocycles. The summed E-state index contributed by atoms with van der Waals surface area (Å²) in [6, 6.07) is 6.31. The molecule has 68 valence electrons. The minimum Gasteiger partial charge on any atom is -0.342 e. The van der Waals surface area contributed by atoms with Crippen molar-refractivity contribution in [3.05, 3.63) is 29.6 Å². The van der Waals surface area contributed by atoms with Gasteiger partial charge in [0.05, 0.1) is 11.0 Å². The first-order valence-electron chi connectivity index (χ1n) is 4.36. The van der Waals surface area contributed by atoms with E-state index >= 15 is 0 Å². The van der Waals surface area contributed by atoms with Crippen LogP contribution >= 0.6 is 12.6 Å².